The van der Waals surface area contributed by atoms with E-state index in [-0.39, 0.29) is 36.7 Å². The molecule has 3 aromatic rings. The van der Waals surface area contributed by atoms with Crippen molar-refractivity contribution in [2.75, 3.05) is 38.3 Å². The number of hydrogen-bond acceptors (Lipinski definition) is 8. The Balaban J connectivity index is 1.23. The average molecular weight is 494 g/mol. The Kier molecular flexibility index (Phi) is 7.00. The van der Waals surface area contributed by atoms with Gasteiger partial charge in [0.2, 0.25) is 11.9 Å². The van der Waals surface area contributed by atoms with E-state index in [1.807, 2.05) is 4.90 Å². The molecule has 0 aliphatic carbocycles. The molecule has 1 N–H and O–H groups in total. The zero-order chi connectivity index (χ0) is 25.2. The lowest BCUT2D eigenvalue weighted by Crippen LogP contribution is -2.47. The first kappa shape index (κ1) is 24.6. The van der Waals surface area contributed by atoms with Gasteiger partial charge in [-0.1, -0.05) is 0 Å². The van der Waals surface area contributed by atoms with Gasteiger partial charge in [-0.25, -0.2) is 15.1 Å². The van der Waals surface area contributed by atoms with Gasteiger partial charge in [-0.2, -0.15) is 23.4 Å². The van der Waals surface area contributed by atoms with Crippen molar-refractivity contribution in [3.63, 3.8) is 0 Å². The van der Waals surface area contributed by atoms with Crippen LogP contribution in [-0.2, 0) is 22.3 Å². The summed E-state index contributed by atoms with van der Waals surface area (Å²) in [5.74, 6) is 0.0705. The first-order chi connectivity index (χ1) is 16.6. The van der Waals surface area contributed by atoms with Crippen LogP contribution in [0.5, 0.6) is 0 Å². The molecule has 1 aliphatic rings. The van der Waals surface area contributed by atoms with Gasteiger partial charge in [-0.05, 0) is 19.8 Å². The number of piperidine rings is 1. The van der Waals surface area contributed by atoms with Gasteiger partial charge < -0.3 is 14.5 Å². The summed E-state index contributed by atoms with van der Waals surface area (Å²) in [5.41, 5.74) is -0.00264. The standard InChI is InChI=1S/C21H25F3N8O3/c1-13-18-16(11-27-28-19(18)34)32(29-13)7-8-35-12-17(33)30(2)15-3-5-31(6-4-15)20-25-9-14(10-26-20)21(22,23)24/h9-11,15H,3-8,12H2,1-2H3,(H,28,34). The van der Waals surface area contributed by atoms with Crippen molar-refractivity contribution >= 4 is 22.8 Å². The van der Waals surface area contributed by atoms with Crippen LogP contribution in [0.3, 0.4) is 0 Å². The van der Waals surface area contributed by atoms with Gasteiger partial charge in [0.15, 0.2) is 0 Å². The normalized spacial score (nSPS) is 15.1. The molecular weight excluding hydrogens is 469 g/mol. The molecule has 11 nitrogen and oxygen atoms in total. The van der Waals surface area contributed by atoms with Crippen LogP contribution < -0.4 is 10.5 Å². The number of nitrogens with one attached hydrogen (secondary N) is 1. The van der Waals surface area contributed by atoms with Gasteiger partial charge in [0.05, 0.1) is 41.5 Å². The summed E-state index contributed by atoms with van der Waals surface area (Å²) in [6, 6.07) is -0.0210. The van der Waals surface area contributed by atoms with Crippen molar-refractivity contribution in [2.45, 2.75) is 38.5 Å². The zero-order valence-electron chi connectivity index (χ0n) is 19.2. The second-order valence-electron chi connectivity index (χ2n) is 8.31. The van der Waals surface area contributed by atoms with Crippen LogP contribution in [0.1, 0.15) is 24.1 Å². The molecule has 1 fully saturated rings. The zero-order valence-corrected chi connectivity index (χ0v) is 19.2. The minimum atomic E-state index is -4.47. The number of halogens is 3. The third kappa shape index (κ3) is 5.42. The van der Waals surface area contributed by atoms with Crippen molar-refractivity contribution in [3.8, 4) is 0 Å². The molecule has 1 amide bonds. The van der Waals surface area contributed by atoms with Crippen molar-refractivity contribution < 1.29 is 22.7 Å². The summed E-state index contributed by atoms with van der Waals surface area (Å²) in [6.45, 7) is 3.27. The van der Waals surface area contributed by atoms with Crippen molar-refractivity contribution in [1.82, 2.24) is 34.8 Å². The molecular formula is C21H25F3N8O3. The number of aryl methyl sites for hydroxylation is 1. The van der Waals surface area contributed by atoms with Crippen molar-refractivity contribution in [3.05, 3.63) is 40.2 Å². The summed E-state index contributed by atoms with van der Waals surface area (Å²) < 4.78 is 45.2. The van der Waals surface area contributed by atoms with E-state index >= 15 is 0 Å². The van der Waals surface area contributed by atoms with E-state index in [9.17, 15) is 22.8 Å². The molecule has 3 aromatic heterocycles. The number of nitrogens with zero attached hydrogens (tertiary/aromatic N) is 7. The molecule has 0 spiro atoms. The fourth-order valence-corrected chi connectivity index (χ4v) is 4.09. The second-order valence-corrected chi connectivity index (χ2v) is 8.31. The van der Waals surface area contributed by atoms with Gasteiger partial charge in [0, 0.05) is 38.6 Å². The van der Waals surface area contributed by atoms with E-state index in [2.05, 4.69) is 25.3 Å². The third-order valence-electron chi connectivity index (χ3n) is 6.07. The van der Waals surface area contributed by atoms with E-state index in [1.54, 1.807) is 23.6 Å². The summed E-state index contributed by atoms with van der Waals surface area (Å²) in [5, 5.41) is 11.0. The maximum Gasteiger partial charge on any atom is 0.419 e. The van der Waals surface area contributed by atoms with Crippen LogP contribution >= 0.6 is 0 Å². The number of H-pyrrole nitrogens is 1. The van der Waals surface area contributed by atoms with Gasteiger partial charge >= 0.3 is 6.18 Å². The Labute approximate surface area is 197 Å². The monoisotopic (exact) mass is 494 g/mol. The predicted octanol–water partition coefficient (Wildman–Crippen LogP) is 1.38. The highest BCUT2D eigenvalue weighted by molar-refractivity contribution is 5.79. The molecule has 1 saturated heterocycles. The van der Waals surface area contributed by atoms with Crippen LogP contribution in [0.4, 0.5) is 19.1 Å². The van der Waals surface area contributed by atoms with E-state index < -0.39 is 11.7 Å². The molecule has 0 atom stereocenters. The topological polar surface area (TPSA) is 122 Å². The van der Waals surface area contributed by atoms with Gasteiger partial charge in [0.25, 0.3) is 5.56 Å². The fraction of sp³-hybridized carbons (Fsp3) is 0.524. The Bertz CT molecular complexity index is 1230. The van der Waals surface area contributed by atoms with Crippen LogP contribution in [0.2, 0.25) is 0 Å². The second kappa shape index (κ2) is 9.98. The number of hydrogen-bond donors (Lipinski definition) is 1. The number of anilines is 1. The lowest BCUT2D eigenvalue weighted by molar-refractivity contribution is -0.138. The lowest BCUT2D eigenvalue weighted by atomic mass is 10.0. The minimum absolute atomic E-state index is 0.0210. The maximum atomic E-state index is 12.7. The van der Waals surface area contributed by atoms with Gasteiger partial charge in [-0.3, -0.25) is 14.3 Å². The van der Waals surface area contributed by atoms with Gasteiger partial charge in [0.1, 0.15) is 6.61 Å². The van der Waals surface area contributed by atoms with Crippen LogP contribution in [0, 0.1) is 6.92 Å². The Morgan fingerprint density at radius 3 is 2.57 bits per heavy atom. The Morgan fingerprint density at radius 1 is 1.23 bits per heavy atom. The van der Waals surface area contributed by atoms with E-state index in [0.717, 1.165) is 12.4 Å². The number of carbonyl (C=O) groups excluding carboxylic acids is 1. The highest BCUT2D eigenvalue weighted by Gasteiger charge is 2.32. The number of likely N-dealkylation sites (N-methyl/N-ethyl adjacent to an activating group) is 1. The molecule has 0 aromatic carbocycles. The molecule has 0 unspecified atom stereocenters. The first-order valence-electron chi connectivity index (χ1n) is 11.0. The predicted molar refractivity (Wildman–Crippen MR) is 119 cm³/mol. The summed E-state index contributed by atoms with van der Waals surface area (Å²) >= 11 is 0. The average Bonchev–Trinajstić information content (AvgIpc) is 3.17. The summed E-state index contributed by atoms with van der Waals surface area (Å²) in [7, 11) is 1.71. The molecule has 35 heavy (non-hydrogen) atoms. The largest absolute Gasteiger partial charge is 0.419 e. The molecule has 4 rings (SSSR count). The third-order valence-corrected chi connectivity index (χ3v) is 6.07. The summed E-state index contributed by atoms with van der Waals surface area (Å²) in [4.78, 5) is 35.6. The van der Waals surface area contributed by atoms with Gasteiger partial charge in [-0.15, -0.1) is 0 Å². The minimum Gasteiger partial charge on any atom is -0.370 e. The van der Waals surface area contributed by atoms with E-state index in [1.165, 1.54) is 6.20 Å². The number of alkyl halides is 3. The molecule has 0 radical (unpaired) electrons. The highest BCUT2D eigenvalue weighted by Crippen LogP contribution is 2.29. The van der Waals surface area contributed by atoms with Crippen LogP contribution in [0.25, 0.3) is 10.9 Å². The number of aromatic nitrogens is 6. The first-order valence-corrected chi connectivity index (χ1v) is 11.0. The number of rotatable bonds is 7. The number of carbonyl (C=O) groups is 1. The molecule has 0 bridgehead atoms. The molecule has 14 heteroatoms. The van der Waals surface area contributed by atoms with Crippen molar-refractivity contribution in [1.29, 1.82) is 0 Å². The molecule has 0 saturated carbocycles. The number of amides is 1. The quantitative estimate of drug-likeness (QED) is 0.489. The van der Waals surface area contributed by atoms with E-state index in [0.29, 0.717) is 49.1 Å². The maximum absolute atomic E-state index is 12.7. The van der Waals surface area contributed by atoms with E-state index in [4.69, 9.17) is 4.74 Å². The molecule has 188 valence electrons. The highest BCUT2D eigenvalue weighted by atomic mass is 19.4. The SMILES string of the molecule is Cc1nn(CCOCC(=O)N(C)C2CCN(c3ncc(C(F)(F)F)cn3)CC2)c2cn[nH]c(=O)c12. The molecule has 1 aliphatic heterocycles. The number of fused-ring (bicyclic) bond motifs is 1. The number of aromatic amines is 1. The lowest BCUT2D eigenvalue weighted by Gasteiger charge is -2.36. The summed E-state index contributed by atoms with van der Waals surface area (Å²) in [6.07, 6.45) is -0.123. The Morgan fingerprint density at radius 2 is 1.91 bits per heavy atom. The van der Waals surface area contributed by atoms with Crippen LogP contribution in [-0.4, -0.2) is 80.1 Å². The smallest absolute Gasteiger partial charge is 0.370 e. The fourth-order valence-electron chi connectivity index (χ4n) is 4.09. The molecule has 4 heterocycles. The van der Waals surface area contributed by atoms with Crippen LogP contribution in [0.15, 0.2) is 23.4 Å². The van der Waals surface area contributed by atoms with Crippen molar-refractivity contribution in [2.24, 2.45) is 0 Å². The number of ether oxygens (including phenoxy) is 1. The Hall–Kier alpha value is -3.55.